The first kappa shape index (κ1) is 35.3. The fourth-order valence-corrected chi connectivity index (χ4v) is 2.01. The fraction of sp³-hybridized carbons (Fsp3) is 0.368. The molecule has 0 saturated carbocycles. The number of nitrogens with zero attached hydrogens (tertiary/aromatic N) is 2. The molecule has 6 nitrogen and oxygen atoms in total. The summed E-state index contributed by atoms with van der Waals surface area (Å²) in [6, 6.07) is 0.785. The van der Waals surface area contributed by atoms with Crippen LogP contribution in [0.2, 0.25) is 0 Å². The average Bonchev–Trinajstić information content (AvgIpc) is 2.78. The number of hydrogen-bond donors (Lipinski definition) is 2. The molecule has 0 spiro atoms. The molecule has 0 saturated heterocycles. The molecule has 2 heterocycles. The molecule has 0 unspecified atom stereocenters. The minimum absolute atomic E-state index is 0.313. The molecule has 2 N–H and O–H groups in total. The third-order valence-electron chi connectivity index (χ3n) is 3.65. The van der Waals surface area contributed by atoms with E-state index in [1.165, 1.54) is 0 Å². The first-order valence-electron chi connectivity index (χ1n) is 9.66. The van der Waals surface area contributed by atoms with Crippen molar-refractivity contribution in [2.75, 3.05) is 10.6 Å². The van der Waals surface area contributed by atoms with Gasteiger partial charge < -0.3 is 10.6 Å². The van der Waals surface area contributed by atoms with Gasteiger partial charge in [0.15, 0.2) is 0 Å². The SMILES string of the molecule is CC.O=C(Nc1cnccc1C(F)(F)F)C(F)(F)C(F)(F)F.O=C(Nc1cnccc1C(F)(F)F)C(F)(F)F. The number of carbonyl (C=O) groups is 2. The smallest absolute Gasteiger partial charge is 0.319 e. The number of pyridine rings is 2. The Morgan fingerprint density at radius 1 is 0.615 bits per heavy atom. The maximum absolute atomic E-state index is 12.6. The lowest BCUT2D eigenvalue weighted by Gasteiger charge is -2.20. The molecule has 20 heteroatoms. The number of carbonyl (C=O) groups excluding carboxylic acids is 2. The lowest BCUT2D eigenvalue weighted by molar-refractivity contribution is -0.267. The Bertz CT molecular complexity index is 1110. The summed E-state index contributed by atoms with van der Waals surface area (Å²) in [5.74, 6) is -11.2. The van der Waals surface area contributed by atoms with Crippen LogP contribution in [-0.2, 0) is 21.9 Å². The second-order valence-corrected chi connectivity index (χ2v) is 6.32. The van der Waals surface area contributed by atoms with Crippen molar-refractivity contribution in [3.8, 4) is 0 Å². The standard InChI is InChI=1S/C9H4F8N2O.C8H4F6N2O.C2H6/c10-7(11,9(15,16)17)6(20)19-5-3-18-2-1-4(5)8(12,13)14;9-7(10,11)4-1-2-15-3-5(4)16-6(17)8(12,13)14;1-2/h1-3H,(H,19,20);1-3H,(H,16,17);1-2H3. The molecule has 0 aromatic carbocycles. The predicted molar refractivity (Wildman–Crippen MR) is 104 cm³/mol. The van der Waals surface area contributed by atoms with E-state index in [9.17, 15) is 71.1 Å². The molecule has 0 aliphatic rings. The monoisotopic (exact) mass is 596 g/mol. The molecule has 0 fully saturated rings. The molecule has 220 valence electrons. The minimum atomic E-state index is -6.22. The van der Waals surface area contributed by atoms with Crippen LogP contribution in [0.1, 0.15) is 25.0 Å². The summed E-state index contributed by atoms with van der Waals surface area (Å²) in [4.78, 5) is 27.6. The Kier molecular flexibility index (Phi) is 11.6. The van der Waals surface area contributed by atoms with Crippen molar-refractivity contribution >= 4 is 23.2 Å². The Hall–Kier alpha value is -3.74. The zero-order chi connectivity index (χ0) is 31.0. The van der Waals surface area contributed by atoms with E-state index in [1.54, 1.807) is 0 Å². The molecular weight excluding hydrogens is 582 g/mol. The lowest BCUT2D eigenvalue weighted by Crippen LogP contribution is -2.47. The van der Waals surface area contributed by atoms with Gasteiger partial charge in [0, 0.05) is 12.4 Å². The highest BCUT2D eigenvalue weighted by Gasteiger charge is 2.63. The topological polar surface area (TPSA) is 84.0 Å². The van der Waals surface area contributed by atoms with Gasteiger partial charge in [-0.1, -0.05) is 13.8 Å². The quantitative estimate of drug-likeness (QED) is 0.380. The summed E-state index contributed by atoms with van der Waals surface area (Å²) in [6.45, 7) is 4.00. The lowest BCUT2D eigenvalue weighted by atomic mass is 10.2. The largest absolute Gasteiger partial charge is 0.471 e. The summed E-state index contributed by atoms with van der Waals surface area (Å²) in [5.41, 5.74) is -5.33. The zero-order valence-corrected chi connectivity index (χ0v) is 19.0. The van der Waals surface area contributed by atoms with E-state index in [0.29, 0.717) is 30.7 Å². The van der Waals surface area contributed by atoms with E-state index in [2.05, 4.69) is 9.97 Å². The van der Waals surface area contributed by atoms with Crippen molar-refractivity contribution in [1.82, 2.24) is 9.97 Å². The number of halogens is 14. The van der Waals surface area contributed by atoms with Gasteiger partial charge in [0.25, 0.3) is 0 Å². The third-order valence-corrected chi connectivity index (χ3v) is 3.65. The summed E-state index contributed by atoms with van der Waals surface area (Å²) >= 11 is 0. The van der Waals surface area contributed by atoms with Gasteiger partial charge >= 0.3 is 42.4 Å². The molecule has 39 heavy (non-hydrogen) atoms. The summed E-state index contributed by atoms with van der Waals surface area (Å²) in [6.07, 6.45) is -19.2. The van der Waals surface area contributed by atoms with E-state index >= 15 is 0 Å². The van der Waals surface area contributed by atoms with Gasteiger partial charge in [0.1, 0.15) is 0 Å². The van der Waals surface area contributed by atoms with Crippen LogP contribution < -0.4 is 10.6 Å². The number of nitrogens with one attached hydrogen (secondary N) is 2. The highest BCUT2D eigenvalue weighted by Crippen LogP contribution is 2.38. The van der Waals surface area contributed by atoms with Crippen molar-refractivity contribution in [3.05, 3.63) is 48.0 Å². The summed E-state index contributed by atoms with van der Waals surface area (Å²) < 4.78 is 171. The molecule has 2 aromatic rings. The molecule has 0 aliphatic heterocycles. The zero-order valence-electron chi connectivity index (χ0n) is 19.0. The number of aromatic nitrogens is 2. The summed E-state index contributed by atoms with van der Waals surface area (Å²) in [7, 11) is 0. The van der Waals surface area contributed by atoms with Gasteiger partial charge in [-0.05, 0) is 12.1 Å². The molecule has 0 bridgehead atoms. The Balaban J connectivity index is 0.000000704. The molecule has 0 aliphatic carbocycles. The van der Waals surface area contributed by atoms with E-state index in [4.69, 9.17) is 0 Å². The second kappa shape index (κ2) is 12.9. The van der Waals surface area contributed by atoms with Crippen molar-refractivity contribution in [2.45, 2.75) is 44.5 Å². The first-order valence-corrected chi connectivity index (χ1v) is 9.66. The molecule has 2 amide bonds. The van der Waals surface area contributed by atoms with Gasteiger partial charge in [-0.15, -0.1) is 0 Å². The van der Waals surface area contributed by atoms with Gasteiger partial charge in [-0.2, -0.15) is 61.5 Å². The van der Waals surface area contributed by atoms with E-state index in [1.807, 2.05) is 13.8 Å². The Morgan fingerprint density at radius 2 is 0.949 bits per heavy atom. The highest BCUT2D eigenvalue weighted by atomic mass is 19.4. The maximum Gasteiger partial charge on any atom is 0.471 e. The van der Waals surface area contributed by atoms with Crippen LogP contribution >= 0.6 is 0 Å². The van der Waals surface area contributed by atoms with E-state index < -0.39 is 64.9 Å². The normalized spacial score (nSPS) is 12.3. The number of hydrogen-bond acceptors (Lipinski definition) is 4. The van der Waals surface area contributed by atoms with E-state index in [0.717, 1.165) is 16.8 Å². The molecule has 0 radical (unpaired) electrons. The number of anilines is 2. The Morgan fingerprint density at radius 3 is 1.23 bits per heavy atom. The first-order chi connectivity index (χ1) is 17.5. The number of alkyl halides is 14. The van der Waals surface area contributed by atoms with Crippen LogP contribution in [0.4, 0.5) is 72.8 Å². The van der Waals surface area contributed by atoms with Crippen molar-refractivity contribution in [1.29, 1.82) is 0 Å². The van der Waals surface area contributed by atoms with Crippen LogP contribution in [0, 0.1) is 0 Å². The summed E-state index contributed by atoms with van der Waals surface area (Å²) in [5, 5.41) is 1.98. The van der Waals surface area contributed by atoms with Crippen LogP contribution in [0.25, 0.3) is 0 Å². The molecule has 0 atom stereocenters. The molecule has 2 aromatic heterocycles. The van der Waals surface area contributed by atoms with Crippen LogP contribution in [0.15, 0.2) is 36.9 Å². The second-order valence-electron chi connectivity index (χ2n) is 6.32. The third kappa shape index (κ3) is 10.2. The average molecular weight is 596 g/mol. The maximum atomic E-state index is 12.6. The van der Waals surface area contributed by atoms with Crippen molar-refractivity contribution in [3.63, 3.8) is 0 Å². The predicted octanol–water partition coefficient (Wildman–Crippen LogP) is 6.86. The van der Waals surface area contributed by atoms with E-state index in [-0.39, 0.29) is 0 Å². The van der Waals surface area contributed by atoms with Gasteiger partial charge in [-0.25, -0.2) is 0 Å². The molecule has 2 rings (SSSR count). The Labute approximate surface area is 208 Å². The number of rotatable bonds is 3. The van der Waals surface area contributed by atoms with Crippen LogP contribution in [0.3, 0.4) is 0 Å². The van der Waals surface area contributed by atoms with Gasteiger partial charge in [0.05, 0.1) is 34.9 Å². The van der Waals surface area contributed by atoms with Gasteiger partial charge in [0.2, 0.25) is 0 Å². The van der Waals surface area contributed by atoms with Crippen LogP contribution in [-0.4, -0.2) is 40.1 Å². The van der Waals surface area contributed by atoms with Crippen LogP contribution in [0.5, 0.6) is 0 Å². The highest BCUT2D eigenvalue weighted by molar-refractivity contribution is 5.97. The fourth-order valence-electron chi connectivity index (χ4n) is 2.01. The van der Waals surface area contributed by atoms with Crippen molar-refractivity contribution in [2.24, 2.45) is 0 Å². The minimum Gasteiger partial charge on any atom is -0.319 e. The molecular formula is C19H14F14N4O2. The van der Waals surface area contributed by atoms with Gasteiger partial charge in [-0.3, -0.25) is 19.6 Å². The van der Waals surface area contributed by atoms with Crippen molar-refractivity contribution < 1.29 is 71.1 Å². The number of amides is 2.